The number of nitro benzene ring substituents is 1. The molecule has 3 N–H and O–H groups in total. The van der Waals surface area contributed by atoms with Gasteiger partial charge in [-0.1, -0.05) is 0 Å². The fraction of sp³-hybridized carbons (Fsp3) is 0.550. The van der Waals surface area contributed by atoms with E-state index in [9.17, 15) is 24.5 Å². The van der Waals surface area contributed by atoms with Gasteiger partial charge in [0, 0.05) is 50.7 Å². The number of hydrogen-bond acceptors (Lipinski definition) is 9. The number of hydrogen-bond donors (Lipinski definition) is 3. The Kier molecular flexibility index (Phi) is 7.72. The highest BCUT2D eigenvalue weighted by atomic mass is 16.6. The van der Waals surface area contributed by atoms with Crippen molar-refractivity contribution in [2.45, 2.75) is 19.4 Å². The summed E-state index contributed by atoms with van der Waals surface area (Å²) < 4.78 is 10.8. The Hall–Kier alpha value is -3.09. The molecule has 12 heteroatoms. The lowest BCUT2D eigenvalue weighted by Crippen LogP contribution is -2.72. The Morgan fingerprint density at radius 3 is 2.38 bits per heavy atom. The molecule has 12 nitrogen and oxygen atoms in total. The summed E-state index contributed by atoms with van der Waals surface area (Å²) in [6.07, 6.45) is 0.0416. The molecule has 1 unspecified atom stereocenters. The number of urea groups is 1. The van der Waals surface area contributed by atoms with Crippen molar-refractivity contribution in [1.29, 1.82) is 0 Å². The third kappa shape index (κ3) is 4.87. The lowest BCUT2D eigenvalue weighted by atomic mass is 9.72. The lowest BCUT2D eigenvalue weighted by Gasteiger charge is -2.48. The standard InChI is InChI=1S/C20H27N5O7/c1-2-31-11-12-32-10-7-20(17(26)22-19(28)23-18(20)27)16-13-21-8-9-24(16)14-3-5-15(6-4-14)25(29)30/h3-6,16,21H,2,7-13H2,1H3,(H2,22,23,26,27,28). The first-order valence-electron chi connectivity index (χ1n) is 10.4. The van der Waals surface area contributed by atoms with E-state index in [-0.39, 0.29) is 18.7 Å². The van der Waals surface area contributed by atoms with Crippen LogP contribution in [0.25, 0.3) is 0 Å². The zero-order valence-corrected chi connectivity index (χ0v) is 17.8. The molecular weight excluding hydrogens is 422 g/mol. The largest absolute Gasteiger partial charge is 0.379 e. The maximum atomic E-state index is 13.1. The number of nitro groups is 1. The van der Waals surface area contributed by atoms with Crippen molar-refractivity contribution in [1.82, 2.24) is 16.0 Å². The van der Waals surface area contributed by atoms with Gasteiger partial charge in [-0.3, -0.25) is 30.3 Å². The molecule has 0 aliphatic carbocycles. The van der Waals surface area contributed by atoms with E-state index in [1.165, 1.54) is 12.1 Å². The average molecular weight is 449 g/mol. The van der Waals surface area contributed by atoms with E-state index in [0.717, 1.165) is 0 Å². The van der Waals surface area contributed by atoms with Crippen molar-refractivity contribution in [3.63, 3.8) is 0 Å². The van der Waals surface area contributed by atoms with E-state index < -0.39 is 34.2 Å². The molecule has 0 saturated carbocycles. The minimum atomic E-state index is -1.60. The van der Waals surface area contributed by atoms with Crippen molar-refractivity contribution >= 4 is 29.2 Å². The first-order valence-corrected chi connectivity index (χ1v) is 10.4. The van der Waals surface area contributed by atoms with Gasteiger partial charge in [-0.15, -0.1) is 0 Å². The number of benzene rings is 1. The minimum Gasteiger partial charge on any atom is -0.379 e. The van der Waals surface area contributed by atoms with Crippen LogP contribution in [0.2, 0.25) is 0 Å². The van der Waals surface area contributed by atoms with Crippen LogP contribution in [-0.2, 0) is 19.1 Å². The van der Waals surface area contributed by atoms with Gasteiger partial charge >= 0.3 is 6.03 Å². The highest BCUT2D eigenvalue weighted by Gasteiger charge is 2.57. The summed E-state index contributed by atoms with van der Waals surface area (Å²) in [6, 6.07) is 4.42. The topological polar surface area (TPSA) is 152 Å². The van der Waals surface area contributed by atoms with Gasteiger partial charge < -0.3 is 19.7 Å². The third-order valence-electron chi connectivity index (χ3n) is 5.69. The number of nitrogens with one attached hydrogen (secondary N) is 3. The van der Waals surface area contributed by atoms with Crippen LogP contribution >= 0.6 is 0 Å². The predicted molar refractivity (Wildman–Crippen MR) is 113 cm³/mol. The number of ether oxygens (including phenoxy) is 2. The maximum absolute atomic E-state index is 13.1. The molecule has 2 saturated heterocycles. The fourth-order valence-corrected chi connectivity index (χ4v) is 4.08. The summed E-state index contributed by atoms with van der Waals surface area (Å²) >= 11 is 0. The first kappa shape index (κ1) is 23.6. The molecule has 0 aromatic heterocycles. The molecule has 2 aliphatic heterocycles. The number of carbonyl (C=O) groups excluding carboxylic acids is 3. The molecule has 0 radical (unpaired) electrons. The molecule has 2 fully saturated rings. The SMILES string of the molecule is CCOCCOCCC1(C2CNCCN2c2ccc([N+](=O)[O-])cc2)C(=O)NC(=O)NC1=O. The van der Waals surface area contributed by atoms with Gasteiger partial charge in [-0.05, 0) is 25.5 Å². The van der Waals surface area contributed by atoms with Crippen LogP contribution in [0.3, 0.4) is 0 Å². The van der Waals surface area contributed by atoms with Gasteiger partial charge in [0.2, 0.25) is 11.8 Å². The molecular formula is C20H27N5O7. The molecule has 32 heavy (non-hydrogen) atoms. The molecule has 0 bridgehead atoms. The van der Waals surface area contributed by atoms with E-state index in [2.05, 4.69) is 16.0 Å². The number of non-ortho nitro benzene ring substituents is 1. The zero-order valence-electron chi connectivity index (χ0n) is 17.8. The summed E-state index contributed by atoms with van der Waals surface area (Å²) in [6.45, 7) is 4.57. The molecule has 4 amide bonds. The quantitative estimate of drug-likeness (QED) is 0.196. The van der Waals surface area contributed by atoms with Crippen LogP contribution in [-0.4, -0.2) is 74.9 Å². The van der Waals surface area contributed by atoms with E-state index in [4.69, 9.17) is 9.47 Å². The summed E-state index contributed by atoms with van der Waals surface area (Å²) in [5, 5.41) is 18.6. The fourth-order valence-electron chi connectivity index (χ4n) is 4.08. The molecule has 1 aromatic carbocycles. The van der Waals surface area contributed by atoms with Gasteiger partial charge in [0.05, 0.1) is 24.2 Å². The van der Waals surface area contributed by atoms with Crippen molar-refractivity contribution in [3.05, 3.63) is 34.4 Å². The molecule has 1 aromatic rings. The van der Waals surface area contributed by atoms with E-state index in [0.29, 0.717) is 45.1 Å². The number of imide groups is 2. The number of rotatable bonds is 10. The van der Waals surface area contributed by atoms with Gasteiger partial charge in [0.15, 0.2) is 5.41 Å². The van der Waals surface area contributed by atoms with Crippen LogP contribution in [0.15, 0.2) is 24.3 Å². The summed E-state index contributed by atoms with van der Waals surface area (Å²) in [4.78, 5) is 50.3. The predicted octanol–water partition coefficient (Wildman–Crippen LogP) is 0.169. The van der Waals surface area contributed by atoms with Crippen LogP contribution in [0, 0.1) is 15.5 Å². The van der Waals surface area contributed by atoms with E-state index >= 15 is 0 Å². The second kappa shape index (κ2) is 10.5. The second-order valence-corrected chi connectivity index (χ2v) is 7.45. The van der Waals surface area contributed by atoms with Crippen molar-refractivity contribution in [2.24, 2.45) is 5.41 Å². The second-order valence-electron chi connectivity index (χ2n) is 7.45. The summed E-state index contributed by atoms with van der Waals surface area (Å²) in [7, 11) is 0. The van der Waals surface area contributed by atoms with Gasteiger partial charge in [-0.25, -0.2) is 4.79 Å². The van der Waals surface area contributed by atoms with Crippen LogP contribution in [0.5, 0.6) is 0 Å². The van der Waals surface area contributed by atoms with Crippen molar-refractivity contribution in [3.8, 4) is 0 Å². The molecule has 2 heterocycles. The summed E-state index contributed by atoms with van der Waals surface area (Å²) in [5.74, 6) is -1.39. The Labute approximate surface area is 184 Å². The van der Waals surface area contributed by atoms with Crippen LogP contribution in [0.4, 0.5) is 16.2 Å². The minimum absolute atomic E-state index is 0.0416. The average Bonchev–Trinajstić information content (AvgIpc) is 2.78. The first-order chi connectivity index (χ1) is 15.4. The zero-order chi connectivity index (χ0) is 23.1. The number of piperazine rings is 1. The Bertz CT molecular complexity index is 840. The highest BCUT2D eigenvalue weighted by molar-refractivity contribution is 6.20. The molecule has 0 spiro atoms. The molecule has 2 aliphatic rings. The Morgan fingerprint density at radius 1 is 1.09 bits per heavy atom. The number of amides is 4. The third-order valence-corrected chi connectivity index (χ3v) is 5.69. The monoisotopic (exact) mass is 449 g/mol. The summed E-state index contributed by atoms with van der Waals surface area (Å²) in [5.41, 5.74) is -1.03. The highest BCUT2D eigenvalue weighted by Crippen LogP contribution is 2.36. The maximum Gasteiger partial charge on any atom is 0.328 e. The Morgan fingerprint density at radius 2 is 1.75 bits per heavy atom. The van der Waals surface area contributed by atoms with Crippen LogP contribution < -0.4 is 20.9 Å². The Balaban J connectivity index is 1.88. The normalized spacial score (nSPS) is 20.6. The molecule has 1 atom stereocenters. The van der Waals surface area contributed by atoms with Crippen molar-refractivity contribution in [2.75, 3.05) is 51.0 Å². The lowest BCUT2D eigenvalue weighted by molar-refractivity contribution is -0.384. The van der Waals surface area contributed by atoms with Gasteiger partial charge in [-0.2, -0.15) is 0 Å². The van der Waals surface area contributed by atoms with Gasteiger partial charge in [0.25, 0.3) is 5.69 Å². The van der Waals surface area contributed by atoms with E-state index in [1.807, 2.05) is 11.8 Å². The van der Waals surface area contributed by atoms with E-state index in [1.54, 1.807) is 12.1 Å². The number of nitrogens with zero attached hydrogens (tertiary/aromatic N) is 2. The van der Waals surface area contributed by atoms with Gasteiger partial charge in [0.1, 0.15) is 0 Å². The van der Waals surface area contributed by atoms with Crippen LogP contribution in [0.1, 0.15) is 13.3 Å². The molecule has 174 valence electrons. The number of carbonyl (C=O) groups is 3. The smallest absolute Gasteiger partial charge is 0.328 e. The molecule has 3 rings (SSSR count). The number of anilines is 1. The number of barbiturate groups is 1. The van der Waals surface area contributed by atoms with Crippen molar-refractivity contribution < 1.29 is 28.8 Å².